The normalized spacial score (nSPS) is 10.9. The highest BCUT2D eigenvalue weighted by Crippen LogP contribution is 2.32. The summed E-state index contributed by atoms with van der Waals surface area (Å²) in [5.41, 5.74) is 1.09. The van der Waals surface area contributed by atoms with E-state index >= 15 is 0 Å². The summed E-state index contributed by atoms with van der Waals surface area (Å²) < 4.78 is 6.93. The molecule has 0 aliphatic rings. The first kappa shape index (κ1) is 16.3. The summed E-state index contributed by atoms with van der Waals surface area (Å²) in [7, 11) is 0. The van der Waals surface area contributed by atoms with E-state index in [1.54, 1.807) is 0 Å². The Morgan fingerprint density at radius 2 is 1.90 bits per heavy atom. The van der Waals surface area contributed by atoms with E-state index in [9.17, 15) is 0 Å². The quantitative estimate of drug-likeness (QED) is 0.712. The lowest BCUT2D eigenvalue weighted by molar-refractivity contribution is 0.466. The van der Waals surface area contributed by atoms with Gasteiger partial charge in [-0.1, -0.05) is 43.6 Å². The topological polar surface area (TPSA) is 21.3 Å². The second-order valence-electron chi connectivity index (χ2n) is 5.31. The van der Waals surface area contributed by atoms with Crippen LogP contribution in [-0.2, 0) is 6.54 Å². The molecule has 21 heavy (non-hydrogen) atoms. The zero-order valence-corrected chi connectivity index (χ0v) is 14.5. The summed E-state index contributed by atoms with van der Waals surface area (Å²) in [4.78, 5) is 0. The molecular formula is C17H19BrClNO. The molecule has 4 heteroatoms. The molecule has 2 aromatic carbocycles. The van der Waals surface area contributed by atoms with Crippen molar-refractivity contribution in [1.82, 2.24) is 5.32 Å². The molecule has 0 atom stereocenters. The molecule has 2 nitrogen and oxygen atoms in total. The van der Waals surface area contributed by atoms with Crippen molar-refractivity contribution in [1.29, 1.82) is 0 Å². The van der Waals surface area contributed by atoms with Crippen molar-refractivity contribution in [2.45, 2.75) is 20.4 Å². The molecular weight excluding hydrogens is 350 g/mol. The minimum atomic E-state index is 0.616. The van der Waals surface area contributed by atoms with Crippen LogP contribution in [0.1, 0.15) is 19.4 Å². The molecule has 0 unspecified atom stereocenters. The molecule has 0 aromatic heterocycles. The van der Waals surface area contributed by atoms with Gasteiger partial charge in [0.15, 0.2) is 0 Å². The Balaban J connectivity index is 2.17. The minimum Gasteiger partial charge on any atom is -0.456 e. The van der Waals surface area contributed by atoms with Gasteiger partial charge in [0.05, 0.1) is 4.47 Å². The van der Waals surface area contributed by atoms with Crippen LogP contribution in [0, 0.1) is 5.92 Å². The molecule has 112 valence electrons. The summed E-state index contributed by atoms with van der Waals surface area (Å²) in [6.45, 7) is 6.10. The molecule has 2 rings (SSSR count). The van der Waals surface area contributed by atoms with Crippen LogP contribution in [0.3, 0.4) is 0 Å². The summed E-state index contributed by atoms with van der Waals surface area (Å²) in [6, 6.07) is 13.5. The number of nitrogens with one attached hydrogen (secondary N) is 1. The lowest BCUT2D eigenvalue weighted by Gasteiger charge is -2.14. The lowest BCUT2D eigenvalue weighted by Crippen LogP contribution is -2.19. The van der Waals surface area contributed by atoms with E-state index in [0.29, 0.717) is 10.9 Å². The monoisotopic (exact) mass is 367 g/mol. The second kappa shape index (κ2) is 7.83. The average Bonchev–Trinajstić information content (AvgIpc) is 2.43. The molecule has 0 bridgehead atoms. The molecule has 0 saturated heterocycles. The van der Waals surface area contributed by atoms with Crippen LogP contribution in [0.5, 0.6) is 11.5 Å². The Kier molecular flexibility index (Phi) is 6.09. The average molecular weight is 369 g/mol. The highest BCUT2D eigenvalue weighted by molar-refractivity contribution is 9.10. The maximum atomic E-state index is 6.10. The third-order valence-corrected chi connectivity index (χ3v) is 3.84. The van der Waals surface area contributed by atoms with Crippen LogP contribution >= 0.6 is 27.5 Å². The van der Waals surface area contributed by atoms with Gasteiger partial charge in [0.2, 0.25) is 0 Å². The third-order valence-electron chi connectivity index (χ3n) is 2.95. The van der Waals surface area contributed by atoms with Gasteiger partial charge in [0.1, 0.15) is 11.5 Å². The molecule has 0 fully saturated rings. The lowest BCUT2D eigenvalue weighted by atomic mass is 10.1. The standard InChI is InChI=1S/C17H19BrClNO/c1-12(2)10-20-11-13-7-8-14(19)9-17(13)21-16-6-4-3-5-15(16)18/h3-9,12,20H,10-11H2,1-2H3. The Bertz CT molecular complexity index is 601. The number of hydrogen-bond acceptors (Lipinski definition) is 2. The molecule has 0 heterocycles. The van der Waals surface area contributed by atoms with Gasteiger partial charge in [-0.3, -0.25) is 0 Å². The van der Waals surface area contributed by atoms with Gasteiger partial charge in [-0.05, 0) is 52.7 Å². The van der Waals surface area contributed by atoms with Crippen molar-refractivity contribution in [3.8, 4) is 11.5 Å². The van der Waals surface area contributed by atoms with Gasteiger partial charge in [-0.15, -0.1) is 0 Å². The van der Waals surface area contributed by atoms with Gasteiger partial charge in [-0.2, -0.15) is 0 Å². The highest BCUT2D eigenvalue weighted by atomic mass is 79.9. The smallest absolute Gasteiger partial charge is 0.141 e. The number of para-hydroxylation sites is 1. The Morgan fingerprint density at radius 1 is 1.14 bits per heavy atom. The maximum Gasteiger partial charge on any atom is 0.141 e. The van der Waals surface area contributed by atoms with E-state index in [0.717, 1.165) is 34.6 Å². The van der Waals surface area contributed by atoms with E-state index in [4.69, 9.17) is 16.3 Å². The summed E-state index contributed by atoms with van der Waals surface area (Å²) in [5, 5.41) is 4.10. The minimum absolute atomic E-state index is 0.616. The molecule has 0 aliphatic heterocycles. The second-order valence-corrected chi connectivity index (χ2v) is 6.60. The van der Waals surface area contributed by atoms with Gasteiger partial charge in [0.25, 0.3) is 0 Å². The molecule has 0 spiro atoms. The predicted molar refractivity (Wildman–Crippen MR) is 92.2 cm³/mol. The van der Waals surface area contributed by atoms with Crippen LogP contribution in [0.25, 0.3) is 0 Å². The van der Waals surface area contributed by atoms with Gasteiger partial charge >= 0.3 is 0 Å². The molecule has 0 saturated carbocycles. The Labute approximate surface area is 139 Å². The molecule has 1 N–H and O–H groups in total. The van der Waals surface area contributed by atoms with E-state index in [-0.39, 0.29) is 0 Å². The van der Waals surface area contributed by atoms with Crippen molar-refractivity contribution in [3.63, 3.8) is 0 Å². The largest absolute Gasteiger partial charge is 0.456 e. The zero-order valence-electron chi connectivity index (χ0n) is 12.2. The Morgan fingerprint density at radius 3 is 2.62 bits per heavy atom. The first-order chi connectivity index (χ1) is 10.1. The first-order valence-electron chi connectivity index (χ1n) is 6.98. The first-order valence-corrected chi connectivity index (χ1v) is 8.15. The van der Waals surface area contributed by atoms with Gasteiger partial charge < -0.3 is 10.1 Å². The fourth-order valence-corrected chi connectivity index (χ4v) is 2.44. The molecule has 0 radical (unpaired) electrons. The number of benzene rings is 2. The molecule has 2 aromatic rings. The zero-order chi connectivity index (χ0) is 15.2. The van der Waals surface area contributed by atoms with Crippen LogP contribution in [0.15, 0.2) is 46.9 Å². The van der Waals surface area contributed by atoms with Gasteiger partial charge in [0, 0.05) is 17.1 Å². The van der Waals surface area contributed by atoms with Gasteiger partial charge in [-0.25, -0.2) is 0 Å². The summed E-state index contributed by atoms with van der Waals surface area (Å²) in [6.07, 6.45) is 0. The van der Waals surface area contributed by atoms with Crippen LogP contribution in [0.2, 0.25) is 5.02 Å². The number of ether oxygens (including phenoxy) is 1. The number of hydrogen-bond donors (Lipinski definition) is 1. The predicted octanol–water partition coefficient (Wildman–Crippen LogP) is 5.64. The van der Waals surface area contributed by atoms with Crippen molar-refractivity contribution in [3.05, 3.63) is 57.5 Å². The number of rotatable bonds is 6. The van der Waals surface area contributed by atoms with Crippen LogP contribution in [0.4, 0.5) is 0 Å². The van der Waals surface area contributed by atoms with E-state index in [2.05, 4.69) is 35.1 Å². The summed E-state index contributed by atoms with van der Waals surface area (Å²) in [5.74, 6) is 2.18. The van der Waals surface area contributed by atoms with Crippen molar-refractivity contribution < 1.29 is 4.74 Å². The summed E-state index contributed by atoms with van der Waals surface area (Å²) >= 11 is 9.59. The van der Waals surface area contributed by atoms with E-state index in [1.807, 2.05) is 42.5 Å². The van der Waals surface area contributed by atoms with Crippen LogP contribution < -0.4 is 10.1 Å². The van der Waals surface area contributed by atoms with Crippen molar-refractivity contribution in [2.24, 2.45) is 5.92 Å². The van der Waals surface area contributed by atoms with Crippen molar-refractivity contribution in [2.75, 3.05) is 6.54 Å². The third kappa shape index (κ3) is 5.03. The Hall–Kier alpha value is -1.03. The SMILES string of the molecule is CC(C)CNCc1ccc(Cl)cc1Oc1ccccc1Br. The van der Waals surface area contributed by atoms with Crippen LogP contribution in [-0.4, -0.2) is 6.54 Å². The fourth-order valence-electron chi connectivity index (χ4n) is 1.91. The van der Waals surface area contributed by atoms with E-state index in [1.165, 1.54) is 0 Å². The maximum absolute atomic E-state index is 6.10. The fraction of sp³-hybridized carbons (Fsp3) is 0.294. The number of halogens is 2. The van der Waals surface area contributed by atoms with E-state index < -0.39 is 0 Å². The molecule has 0 amide bonds. The molecule has 0 aliphatic carbocycles. The van der Waals surface area contributed by atoms with Crippen molar-refractivity contribution >= 4 is 27.5 Å². The highest BCUT2D eigenvalue weighted by Gasteiger charge is 2.08.